The molecule has 0 amide bonds. The second-order valence-corrected chi connectivity index (χ2v) is 1.34. The van der Waals surface area contributed by atoms with E-state index in [-0.39, 0.29) is 22.6 Å². The van der Waals surface area contributed by atoms with E-state index in [0.29, 0.717) is 0 Å². The molecule has 5 nitrogen and oxygen atoms in total. The van der Waals surface area contributed by atoms with Gasteiger partial charge in [0.2, 0.25) is 0 Å². The van der Waals surface area contributed by atoms with Gasteiger partial charge in [-0.05, 0) is 0 Å². The number of quaternary nitrogens is 1. The van der Waals surface area contributed by atoms with E-state index < -0.39 is 7.82 Å². The first-order chi connectivity index (χ1) is 2.00. The van der Waals surface area contributed by atoms with Gasteiger partial charge >= 0.3 is 16.5 Å². The Balaban J connectivity index is -0.0000000800. The van der Waals surface area contributed by atoms with Crippen LogP contribution >= 0.6 is 7.82 Å². The number of hydrogen-bond acceptors (Lipinski definition) is 4. The summed E-state index contributed by atoms with van der Waals surface area (Å²) in [5.74, 6) is 0. The summed E-state index contributed by atoms with van der Waals surface area (Å²) < 4.78 is 8.55. The number of rotatable bonds is 0. The van der Waals surface area contributed by atoms with Crippen LogP contribution in [-0.2, 0) is 21.1 Å². The van der Waals surface area contributed by atoms with Crippen LogP contribution in [0.1, 0.15) is 0 Å². The standard InChI is InChI=1S/H3N.Ni.H3O4P/c;;1-5(2,3)4/h1H3;;(H3,1,2,3,4)/q;+2;/p-2. The molecule has 0 aromatic heterocycles. The molecule has 0 aliphatic carbocycles. The van der Waals surface area contributed by atoms with Crippen molar-refractivity contribution in [2.75, 3.05) is 0 Å². The van der Waals surface area contributed by atoms with Crippen molar-refractivity contribution in [3.63, 3.8) is 0 Å². The van der Waals surface area contributed by atoms with Crippen LogP contribution in [0.5, 0.6) is 0 Å². The Morgan fingerprint density at radius 3 is 1.14 bits per heavy atom. The van der Waals surface area contributed by atoms with Crippen molar-refractivity contribution < 1.29 is 35.7 Å². The van der Waals surface area contributed by atoms with E-state index in [1.54, 1.807) is 0 Å². The van der Waals surface area contributed by atoms with Crippen molar-refractivity contribution in [3.8, 4) is 0 Å². The van der Waals surface area contributed by atoms with Crippen LogP contribution in [-0.4, -0.2) is 0 Å². The van der Waals surface area contributed by atoms with Gasteiger partial charge in [-0.3, -0.25) is 0 Å². The van der Waals surface area contributed by atoms with E-state index in [0.717, 1.165) is 0 Å². The third kappa shape index (κ3) is 430. The first-order valence-electron chi connectivity index (χ1n) is 0.730. The maximum Gasteiger partial charge on any atom is 2.00 e. The second kappa shape index (κ2) is 4.72. The third-order valence-corrected chi connectivity index (χ3v) is 0. The molecule has 7 heteroatoms. The summed E-state index contributed by atoms with van der Waals surface area (Å²) in [4.78, 5) is 25.6. The molecule has 4 N–H and O–H groups in total. The molecule has 0 saturated carbocycles. The fourth-order valence-corrected chi connectivity index (χ4v) is 0. The fourth-order valence-electron chi connectivity index (χ4n) is 0. The van der Waals surface area contributed by atoms with Gasteiger partial charge in [-0.25, -0.2) is 0 Å². The first kappa shape index (κ1) is 15.6. The van der Waals surface area contributed by atoms with Crippen LogP contribution in [0, 0.1) is 0 Å². The molecule has 0 radical (unpaired) electrons. The molecule has 48 valence electrons. The molecule has 0 fully saturated rings. The predicted octanol–water partition coefficient (Wildman–Crippen LogP) is -2.45. The molecule has 0 bridgehead atoms. The number of hydrogen-bond donors (Lipinski definition) is 1. The van der Waals surface area contributed by atoms with Crippen LogP contribution in [0.25, 0.3) is 0 Å². The minimum absolute atomic E-state index is 0. The molecule has 0 aliphatic heterocycles. The quantitative estimate of drug-likeness (QED) is 0.321. The van der Waals surface area contributed by atoms with Gasteiger partial charge in [0, 0.05) is 0 Å². The summed E-state index contributed by atoms with van der Waals surface area (Å²) in [5.41, 5.74) is 0. The first-order valence-corrected chi connectivity index (χ1v) is 2.19. The minimum Gasteiger partial charge on any atom is -0.822 e. The Bertz CT molecular complexity index is 57.8. The largest absolute Gasteiger partial charge is 2.00 e. The van der Waals surface area contributed by atoms with Crippen molar-refractivity contribution in [3.05, 3.63) is 0 Å². The van der Waals surface area contributed by atoms with Crippen LogP contribution in [0.15, 0.2) is 0 Å². The molecule has 0 rings (SSSR count). The Labute approximate surface area is 50.5 Å². The Morgan fingerprint density at radius 1 is 1.14 bits per heavy atom. The minimum atomic E-state index is -5.39. The summed E-state index contributed by atoms with van der Waals surface area (Å²) in [6.07, 6.45) is 0. The SMILES string of the molecule is O=P([O-])([O-])[O-].[NH4+].[Ni+2]. The van der Waals surface area contributed by atoms with E-state index in [1.165, 1.54) is 0 Å². The van der Waals surface area contributed by atoms with E-state index in [2.05, 4.69) is 0 Å². The van der Waals surface area contributed by atoms with Gasteiger partial charge in [0.25, 0.3) is 0 Å². The molecule has 0 spiro atoms. The van der Waals surface area contributed by atoms with E-state index in [9.17, 15) is 0 Å². The van der Waals surface area contributed by atoms with Crippen molar-refractivity contribution in [1.82, 2.24) is 6.15 Å². The van der Waals surface area contributed by atoms with E-state index in [4.69, 9.17) is 19.2 Å². The van der Waals surface area contributed by atoms with Crippen LogP contribution in [0.2, 0.25) is 0 Å². The summed E-state index contributed by atoms with van der Waals surface area (Å²) in [5, 5.41) is 0. The predicted molar refractivity (Wildman–Crippen MR) is 13.6 cm³/mol. The van der Waals surface area contributed by atoms with Gasteiger partial charge < -0.3 is 25.4 Å². The molecular weight excluding hydrogens is 168 g/mol. The second-order valence-electron chi connectivity index (χ2n) is 0.447. The van der Waals surface area contributed by atoms with Gasteiger partial charge in [0.1, 0.15) is 0 Å². The van der Waals surface area contributed by atoms with Gasteiger partial charge in [0.15, 0.2) is 0 Å². The molecule has 0 unspecified atom stereocenters. The van der Waals surface area contributed by atoms with Crippen molar-refractivity contribution >= 4 is 7.82 Å². The van der Waals surface area contributed by atoms with E-state index in [1.807, 2.05) is 0 Å². The zero-order valence-corrected chi connectivity index (χ0v) is 5.28. The van der Waals surface area contributed by atoms with Gasteiger partial charge in [-0.2, -0.15) is 7.82 Å². The van der Waals surface area contributed by atoms with Crippen molar-refractivity contribution in [2.24, 2.45) is 0 Å². The van der Waals surface area contributed by atoms with E-state index >= 15 is 0 Å². The molecule has 0 aromatic carbocycles. The Morgan fingerprint density at radius 2 is 1.14 bits per heavy atom. The summed E-state index contributed by atoms with van der Waals surface area (Å²) in [7, 11) is -5.39. The monoisotopic (exact) mass is 171 g/mol. The Kier molecular flexibility index (Phi) is 10.5. The molecule has 7 heavy (non-hydrogen) atoms. The maximum absolute atomic E-state index is 8.55. The summed E-state index contributed by atoms with van der Waals surface area (Å²) in [6, 6.07) is 0. The maximum atomic E-state index is 8.55. The normalized spacial score (nSPS) is 8.43. The fraction of sp³-hybridized carbons (Fsp3) is 0. The molecule has 0 saturated heterocycles. The molecule has 0 heterocycles. The van der Waals surface area contributed by atoms with Gasteiger partial charge in [-0.1, -0.05) is 0 Å². The number of phosphoric acid groups is 1. The average Bonchev–Trinajstić information content (AvgIpc) is 0.722. The zero-order valence-electron chi connectivity index (χ0n) is 3.40. The average molecular weight is 172 g/mol. The van der Waals surface area contributed by atoms with Gasteiger partial charge in [-0.15, -0.1) is 0 Å². The smallest absolute Gasteiger partial charge is 0.822 e. The van der Waals surface area contributed by atoms with Crippen molar-refractivity contribution in [1.29, 1.82) is 0 Å². The summed E-state index contributed by atoms with van der Waals surface area (Å²) in [6.45, 7) is 0. The molecule has 0 atom stereocenters. The van der Waals surface area contributed by atoms with Crippen LogP contribution < -0.4 is 20.8 Å². The molecule has 0 aromatic rings. The summed E-state index contributed by atoms with van der Waals surface area (Å²) >= 11 is 0. The molecular formula is H4NNiO4P. The molecule has 0 aliphatic rings. The van der Waals surface area contributed by atoms with Crippen LogP contribution in [0.4, 0.5) is 0 Å². The van der Waals surface area contributed by atoms with Gasteiger partial charge in [0.05, 0.1) is 0 Å². The Hall–Kier alpha value is 0.564. The third-order valence-electron chi connectivity index (χ3n) is 0. The zero-order chi connectivity index (χ0) is 4.50. The topological polar surface area (TPSA) is 123 Å². The van der Waals surface area contributed by atoms with Crippen molar-refractivity contribution in [2.45, 2.75) is 0 Å². The van der Waals surface area contributed by atoms with Crippen LogP contribution in [0.3, 0.4) is 0 Å².